The quantitative estimate of drug-likeness (QED) is 0.454. The Hall–Kier alpha value is -3.34. The number of hydrogen-bond acceptors (Lipinski definition) is 4. The molecular formula is C21H21NO4. The predicted molar refractivity (Wildman–Crippen MR) is 101 cm³/mol. The summed E-state index contributed by atoms with van der Waals surface area (Å²) in [5.74, 6) is 0.408. The Bertz CT molecular complexity index is 779. The van der Waals surface area contributed by atoms with E-state index >= 15 is 0 Å². The highest BCUT2D eigenvalue weighted by Crippen LogP contribution is 2.22. The monoisotopic (exact) mass is 351 g/mol. The van der Waals surface area contributed by atoms with Crippen molar-refractivity contribution in [3.63, 3.8) is 0 Å². The average Bonchev–Trinajstić information content (AvgIpc) is 2.64. The van der Waals surface area contributed by atoms with Crippen LogP contribution in [0, 0.1) is 0 Å². The molecule has 0 bridgehead atoms. The molecule has 5 nitrogen and oxygen atoms in total. The smallest absolute Gasteiger partial charge is 0.331 e. The van der Waals surface area contributed by atoms with Gasteiger partial charge in [-0.1, -0.05) is 36.4 Å². The van der Waals surface area contributed by atoms with Crippen LogP contribution in [-0.2, 0) is 14.3 Å². The molecule has 0 heterocycles. The Morgan fingerprint density at radius 3 is 2.27 bits per heavy atom. The zero-order chi connectivity index (χ0) is 18.8. The Morgan fingerprint density at radius 2 is 1.62 bits per heavy atom. The van der Waals surface area contributed by atoms with Crippen LogP contribution in [0.4, 0.5) is 5.69 Å². The highest BCUT2D eigenvalue weighted by Gasteiger charge is 2.16. The van der Waals surface area contributed by atoms with Crippen LogP contribution in [0.3, 0.4) is 0 Å². The molecule has 1 N–H and O–H groups in total. The number of rotatable bonds is 7. The summed E-state index contributed by atoms with van der Waals surface area (Å²) in [4.78, 5) is 23.7. The molecule has 0 saturated carbocycles. The van der Waals surface area contributed by atoms with Gasteiger partial charge in [0.1, 0.15) is 11.5 Å². The molecule has 0 unspecified atom stereocenters. The number of ether oxygens (including phenoxy) is 2. The lowest BCUT2D eigenvalue weighted by molar-refractivity contribution is -0.148. The average molecular weight is 351 g/mol. The molecular weight excluding hydrogens is 330 g/mol. The van der Waals surface area contributed by atoms with Crippen LogP contribution >= 0.6 is 0 Å². The molecule has 0 saturated heterocycles. The minimum Gasteiger partial charge on any atom is -0.457 e. The van der Waals surface area contributed by atoms with Gasteiger partial charge in [-0.3, -0.25) is 4.79 Å². The SMILES string of the molecule is C/C=C/C=C/C(=O)O[C@H](C)C(=O)Nc1ccc(Oc2ccccc2)cc1. The molecule has 0 aliphatic rings. The van der Waals surface area contributed by atoms with Gasteiger partial charge in [0.05, 0.1) is 0 Å². The fourth-order valence-electron chi connectivity index (χ4n) is 1.99. The maximum absolute atomic E-state index is 12.1. The van der Waals surface area contributed by atoms with Crippen molar-refractivity contribution < 1.29 is 19.1 Å². The maximum Gasteiger partial charge on any atom is 0.331 e. The largest absolute Gasteiger partial charge is 0.457 e. The van der Waals surface area contributed by atoms with Crippen molar-refractivity contribution in [1.82, 2.24) is 0 Å². The van der Waals surface area contributed by atoms with Crippen molar-refractivity contribution in [2.75, 3.05) is 5.32 Å². The van der Waals surface area contributed by atoms with E-state index in [1.165, 1.54) is 13.0 Å². The lowest BCUT2D eigenvalue weighted by Gasteiger charge is -2.13. The lowest BCUT2D eigenvalue weighted by Crippen LogP contribution is -2.29. The number of hydrogen-bond donors (Lipinski definition) is 1. The fourth-order valence-corrected chi connectivity index (χ4v) is 1.99. The molecule has 0 fully saturated rings. The van der Waals surface area contributed by atoms with E-state index in [0.29, 0.717) is 11.4 Å². The van der Waals surface area contributed by atoms with E-state index in [0.717, 1.165) is 5.75 Å². The summed E-state index contributed by atoms with van der Waals surface area (Å²) in [6.45, 7) is 3.35. The molecule has 0 aromatic heterocycles. The van der Waals surface area contributed by atoms with Gasteiger partial charge < -0.3 is 14.8 Å². The van der Waals surface area contributed by atoms with Crippen LogP contribution < -0.4 is 10.1 Å². The molecule has 0 radical (unpaired) electrons. The molecule has 1 atom stereocenters. The molecule has 26 heavy (non-hydrogen) atoms. The summed E-state index contributed by atoms with van der Waals surface area (Å²) in [6, 6.07) is 16.3. The third-order valence-electron chi connectivity index (χ3n) is 3.30. The molecule has 5 heteroatoms. The van der Waals surface area contributed by atoms with Crippen LogP contribution in [0.1, 0.15) is 13.8 Å². The molecule has 2 aromatic carbocycles. The molecule has 0 aliphatic heterocycles. The van der Waals surface area contributed by atoms with E-state index in [9.17, 15) is 9.59 Å². The van der Waals surface area contributed by atoms with E-state index in [4.69, 9.17) is 9.47 Å². The van der Waals surface area contributed by atoms with Crippen LogP contribution in [0.2, 0.25) is 0 Å². The van der Waals surface area contributed by atoms with Crippen molar-refractivity contribution in [3.05, 3.63) is 78.9 Å². The fraction of sp³-hybridized carbons (Fsp3) is 0.143. The van der Waals surface area contributed by atoms with Gasteiger partial charge in [-0.25, -0.2) is 4.79 Å². The minimum atomic E-state index is -0.905. The van der Waals surface area contributed by atoms with Gasteiger partial charge in [-0.2, -0.15) is 0 Å². The van der Waals surface area contributed by atoms with E-state index in [1.54, 1.807) is 42.5 Å². The van der Waals surface area contributed by atoms with Crippen LogP contribution in [0.5, 0.6) is 11.5 Å². The summed E-state index contributed by atoms with van der Waals surface area (Å²) in [5.41, 5.74) is 0.586. The Balaban J connectivity index is 1.87. The molecule has 2 rings (SSSR count). The summed E-state index contributed by atoms with van der Waals surface area (Å²) >= 11 is 0. The number of benzene rings is 2. The topological polar surface area (TPSA) is 64.6 Å². The van der Waals surface area contributed by atoms with Crippen LogP contribution in [0.25, 0.3) is 0 Å². The second-order valence-corrected chi connectivity index (χ2v) is 5.39. The number of esters is 1. The minimum absolute atomic E-state index is 0.408. The summed E-state index contributed by atoms with van der Waals surface area (Å²) in [7, 11) is 0. The number of anilines is 1. The zero-order valence-corrected chi connectivity index (χ0v) is 14.7. The molecule has 0 aliphatic carbocycles. The molecule has 0 spiro atoms. The highest BCUT2D eigenvalue weighted by atomic mass is 16.5. The summed E-state index contributed by atoms with van der Waals surface area (Å²) in [5, 5.41) is 2.70. The van der Waals surface area contributed by atoms with Gasteiger partial charge in [-0.15, -0.1) is 0 Å². The number of carbonyl (C=O) groups is 2. The number of nitrogens with one attached hydrogen (secondary N) is 1. The van der Waals surface area contributed by atoms with E-state index in [1.807, 2.05) is 37.3 Å². The molecule has 134 valence electrons. The normalized spacial score (nSPS) is 12.1. The van der Waals surface area contributed by atoms with Gasteiger partial charge in [0, 0.05) is 11.8 Å². The first kappa shape index (κ1) is 19.0. The van der Waals surface area contributed by atoms with Gasteiger partial charge in [0.25, 0.3) is 5.91 Å². The first-order chi connectivity index (χ1) is 12.6. The van der Waals surface area contributed by atoms with Crippen molar-refractivity contribution in [1.29, 1.82) is 0 Å². The number of para-hydroxylation sites is 1. The van der Waals surface area contributed by atoms with Crippen LogP contribution in [0.15, 0.2) is 78.9 Å². The first-order valence-electron chi connectivity index (χ1n) is 8.22. The lowest BCUT2D eigenvalue weighted by atomic mass is 10.2. The maximum atomic E-state index is 12.1. The second-order valence-electron chi connectivity index (χ2n) is 5.39. The predicted octanol–water partition coefficient (Wildman–Crippen LogP) is 4.48. The zero-order valence-electron chi connectivity index (χ0n) is 14.7. The van der Waals surface area contributed by atoms with Crippen molar-refractivity contribution in [2.45, 2.75) is 20.0 Å². The molecule has 1 amide bonds. The Labute approximate surface area is 152 Å². The third-order valence-corrected chi connectivity index (χ3v) is 3.30. The summed E-state index contributed by atoms with van der Waals surface area (Å²) in [6.07, 6.45) is 5.40. The van der Waals surface area contributed by atoms with Gasteiger partial charge in [0.15, 0.2) is 6.10 Å². The standard InChI is InChI=1S/C21H21NO4/c1-3-4-6-11-20(23)25-16(2)21(24)22-17-12-14-19(15-13-17)26-18-9-7-5-8-10-18/h3-16H,1-2H3,(H,22,24)/b4-3+,11-6+/t16-/m1/s1. The van der Waals surface area contributed by atoms with E-state index < -0.39 is 18.0 Å². The first-order valence-corrected chi connectivity index (χ1v) is 8.22. The Kier molecular flexibility index (Phi) is 7.18. The van der Waals surface area contributed by atoms with Crippen molar-refractivity contribution in [2.24, 2.45) is 0 Å². The highest BCUT2D eigenvalue weighted by molar-refractivity contribution is 5.96. The Morgan fingerprint density at radius 1 is 0.962 bits per heavy atom. The van der Waals surface area contributed by atoms with Crippen molar-refractivity contribution in [3.8, 4) is 11.5 Å². The van der Waals surface area contributed by atoms with Crippen LogP contribution in [-0.4, -0.2) is 18.0 Å². The third kappa shape index (κ3) is 6.28. The molecule has 2 aromatic rings. The van der Waals surface area contributed by atoms with Gasteiger partial charge >= 0.3 is 5.97 Å². The number of carbonyl (C=O) groups excluding carboxylic acids is 2. The second kappa shape index (κ2) is 9.84. The summed E-state index contributed by atoms with van der Waals surface area (Å²) < 4.78 is 10.7. The van der Waals surface area contributed by atoms with E-state index in [-0.39, 0.29) is 0 Å². The van der Waals surface area contributed by atoms with E-state index in [2.05, 4.69) is 5.32 Å². The van der Waals surface area contributed by atoms with Gasteiger partial charge in [0.2, 0.25) is 0 Å². The van der Waals surface area contributed by atoms with Gasteiger partial charge in [-0.05, 0) is 50.2 Å². The number of amides is 1. The number of allylic oxidation sites excluding steroid dienone is 3. The van der Waals surface area contributed by atoms with Crippen molar-refractivity contribution >= 4 is 17.6 Å².